The van der Waals surface area contributed by atoms with Crippen molar-refractivity contribution in [3.63, 3.8) is 0 Å². The first kappa shape index (κ1) is 17.1. The van der Waals surface area contributed by atoms with Gasteiger partial charge in [-0.25, -0.2) is 13.1 Å². The third-order valence-corrected chi connectivity index (χ3v) is 6.42. The van der Waals surface area contributed by atoms with E-state index in [1.54, 1.807) is 25.6 Å². The van der Waals surface area contributed by atoms with Crippen LogP contribution in [0.1, 0.15) is 29.8 Å². The predicted octanol–water partition coefficient (Wildman–Crippen LogP) is 1.61. The minimum Gasteiger partial charge on any atom is -0.383 e. The normalized spacial score (nSPS) is 17.7. The van der Waals surface area contributed by atoms with E-state index in [0.717, 1.165) is 18.4 Å². The molecule has 7 heteroatoms. The summed E-state index contributed by atoms with van der Waals surface area (Å²) < 4.78 is 29.6. The van der Waals surface area contributed by atoms with Crippen molar-refractivity contribution in [2.24, 2.45) is 13.0 Å². The van der Waals surface area contributed by atoms with E-state index in [1.807, 2.05) is 30.3 Å². The number of rotatable bonds is 6. The van der Waals surface area contributed by atoms with Gasteiger partial charge in [0.2, 0.25) is 10.0 Å². The Labute approximate surface area is 142 Å². The summed E-state index contributed by atoms with van der Waals surface area (Å²) in [6.07, 6.45) is 1.80. The summed E-state index contributed by atoms with van der Waals surface area (Å²) in [6, 6.07) is 9.27. The molecule has 0 spiro atoms. The van der Waals surface area contributed by atoms with Crippen LogP contribution in [-0.4, -0.2) is 29.8 Å². The average Bonchev–Trinajstić information content (AvgIpc) is 3.35. The molecule has 0 radical (unpaired) electrons. The zero-order chi connectivity index (χ0) is 17.5. The molecule has 0 saturated heterocycles. The Hall–Kier alpha value is -1.70. The summed E-state index contributed by atoms with van der Waals surface area (Å²) in [7, 11) is -2.03. The zero-order valence-electron chi connectivity index (χ0n) is 14.2. The van der Waals surface area contributed by atoms with Crippen molar-refractivity contribution in [3.05, 3.63) is 47.3 Å². The Kier molecular flexibility index (Phi) is 4.27. The largest absolute Gasteiger partial charge is 0.383 e. The van der Waals surface area contributed by atoms with Gasteiger partial charge >= 0.3 is 0 Å². The number of aryl methyl sites for hydroxylation is 2. The lowest BCUT2D eigenvalue weighted by molar-refractivity contribution is 0.0185. The van der Waals surface area contributed by atoms with E-state index in [1.165, 1.54) is 0 Å². The summed E-state index contributed by atoms with van der Waals surface area (Å²) in [5, 5.41) is 15.3. The second kappa shape index (κ2) is 5.98. The third-order valence-electron chi connectivity index (χ3n) is 4.77. The summed E-state index contributed by atoms with van der Waals surface area (Å²) >= 11 is 0. The fourth-order valence-electron chi connectivity index (χ4n) is 3.19. The van der Waals surface area contributed by atoms with Crippen molar-refractivity contribution in [1.29, 1.82) is 0 Å². The van der Waals surface area contributed by atoms with Gasteiger partial charge in [-0.2, -0.15) is 5.10 Å². The Bertz CT molecular complexity index is 841. The molecule has 1 aromatic heterocycles. The molecule has 1 fully saturated rings. The van der Waals surface area contributed by atoms with Crippen molar-refractivity contribution in [2.75, 3.05) is 6.54 Å². The molecule has 3 rings (SSSR count). The van der Waals surface area contributed by atoms with Crippen LogP contribution < -0.4 is 4.72 Å². The van der Waals surface area contributed by atoms with Crippen LogP contribution in [0.4, 0.5) is 0 Å². The first-order valence-corrected chi connectivity index (χ1v) is 9.52. The van der Waals surface area contributed by atoms with E-state index in [4.69, 9.17) is 0 Å². The maximum Gasteiger partial charge on any atom is 0.244 e. The molecule has 2 N–H and O–H groups in total. The molecule has 0 amide bonds. The van der Waals surface area contributed by atoms with Gasteiger partial charge in [0.25, 0.3) is 0 Å². The zero-order valence-corrected chi connectivity index (χ0v) is 15.0. The topological polar surface area (TPSA) is 84.2 Å². The lowest BCUT2D eigenvalue weighted by Crippen LogP contribution is -2.42. The number of nitrogens with zero attached hydrogens (tertiary/aromatic N) is 2. The molecule has 1 unspecified atom stereocenters. The second-order valence-electron chi connectivity index (χ2n) is 6.51. The first-order valence-electron chi connectivity index (χ1n) is 8.03. The fraction of sp³-hybridized carbons (Fsp3) is 0.471. The molecule has 1 heterocycles. The number of aliphatic hydroxyl groups is 1. The lowest BCUT2D eigenvalue weighted by atomic mass is 9.89. The van der Waals surface area contributed by atoms with Gasteiger partial charge in [0.1, 0.15) is 10.5 Å². The van der Waals surface area contributed by atoms with Crippen LogP contribution in [0.5, 0.6) is 0 Å². The van der Waals surface area contributed by atoms with E-state index < -0.39 is 15.6 Å². The molecule has 1 aromatic carbocycles. The van der Waals surface area contributed by atoms with E-state index in [0.29, 0.717) is 11.4 Å². The van der Waals surface area contributed by atoms with E-state index in [2.05, 4.69) is 9.82 Å². The molecule has 2 aromatic rings. The van der Waals surface area contributed by atoms with Gasteiger partial charge in [-0.05, 0) is 38.2 Å². The SMILES string of the molecule is Cc1nn(C)c(C)c1S(=O)(=O)NCC(O)(c1ccccc1)C1CC1. The molecule has 24 heavy (non-hydrogen) atoms. The van der Waals surface area contributed by atoms with E-state index >= 15 is 0 Å². The van der Waals surface area contributed by atoms with E-state index in [-0.39, 0.29) is 17.4 Å². The molecule has 1 saturated carbocycles. The van der Waals surface area contributed by atoms with Gasteiger partial charge in [0.05, 0.1) is 11.4 Å². The van der Waals surface area contributed by atoms with Crippen molar-refractivity contribution < 1.29 is 13.5 Å². The number of hydrogen-bond acceptors (Lipinski definition) is 4. The number of nitrogens with one attached hydrogen (secondary N) is 1. The quantitative estimate of drug-likeness (QED) is 0.830. The summed E-state index contributed by atoms with van der Waals surface area (Å²) in [5.74, 6) is 0.0821. The van der Waals surface area contributed by atoms with Crippen LogP contribution in [0.25, 0.3) is 0 Å². The molecule has 0 aliphatic heterocycles. The lowest BCUT2D eigenvalue weighted by Gasteiger charge is -2.29. The predicted molar refractivity (Wildman–Crippen MR) is 90.9 cm³/mol. The van der Waals surface area contributed by atoms with Crippen LogP contribution in [0, 0.1) is 19.8 Å². The molecule has 1 aliphatic carbocycles. The Balaban J connectivity index is 1.87. The number of aromatic nitrogens is 2. The molecule has 0 bridgehead atoms. The van der Waals surface area contributed by atoms with Gasteiger partial charge in [0, 0.05) is 13.6 Å². The van der Waals surface area contributed by atoms with Crippen molar-refractivity contribution in [1.82, 2.24) is 14.5 Å². The summed E-state index contributed by atoms with van der Waals surface area (Å²) in [4.78, 5) is 0.191. The molecule has 1 atom stereocenters. The van der Waals surface area contributed by atoms with E-state index in [9.17, 15) is 13.5 Å². The minimum atomic E-state index is -3.74. The van der Waals surface area contributed by atoms with Crippen molar-refractivity contribution in [2.45, 2.75) is 37.2 Å². The highest BCUT2D eigenvalue weighted by atomic mass is 32.2. The second-order valence-corrected chi connectivity index (χ2v) is 8.22. The monoisotopic (exact) mass is 349 g/mol. The smallest absolute Gasteiger partial charge is 0.244 e. The maximum atomic E-state index is 12.7. The van der Waals surface area contributed by atoms with Crippen LogP contribution in [0.15, 0.2) is 35.2 Å². The van der Waals surface area contributed by atoms with Gasteiger partial charge < -0.3 is 5.11 Å². The fourth-order valence-corrected chi connectivity index (χ4v) is 4.70. The van der Waals surface area contributed by atoms with Crippen LogP contribution in [0.3, 0.4) is 0 Å². The van der Waals surface area contributed by atoms with Gasteiger partial charge in [-0.3, -0.25) is 4.68 Å². The van der Waals surface area contributed by atoms with Crippen molar-refractivity contribution >= 4 is 10.0 Å². The summed E-state index contributed by atoms with van der Waals surface area (Å²) in [6.45, 7) is 3.35. The highest BCUT2D eigenvalue weighted by Crippen LogP contribution is 2.45. The summed E-state index contributed by atoms with van der Waals surface area (Å²) in [5.41, 5.74) is 0.597. The first-order chi connectivity index (χ1) is 11.3. The Morgan fingerprint density at radius 2 is 1.92 bits per heavy atom. The standard InChI is InChI=1S/C17H23N3O3S/c1-12-16(13(2)20(3)19-12)24(22,23)18-11-17(21,15-9-10-15)14-7-5-4-6-8-14/h4-8,15,18,21H,9-11H2,1-3H3. The molecule has 130 valence electrons. The van der Waals surface area contributed by atoms with Crippen molar-refractivity contribution in [3.8, 4) is 0 Å². The van der Waals surface area contributed by atoms with Gasteiger partial charge in [-0.15, -0.1) is 0 Å². The van der Waals surface area contributed by atoms with Crippen LogP contribution in [-0.2, 0) is 22.7 Å². The molecule has 1 aliphatic rings. The van der Waals surface area contributed by atoms with Crippen LogP contribution >= 0.6 is 0 Å². The highest BCUT2D eigenvalue weighted by molar-refractivity contribution is 7.89. The average molecular weight is 349 g/mol. The van der Waals surface area contributed by atoms with Gasteiger partial charge in [-0.1, -0.05) is 30.3 Å². The van der Waals surface area contributed by atoms with Gasteiger partial charge in [0.15, 0.2) is 0 Å². The maximum absolute atomic E-state index is 12.7. The molecular weight excluding hydrogens is 326 g/mol. The minimum absolute atomic E-state index is 0.0439. The number of benzene rings is 1. The number of sulfonamides is 1. The number of hydrogen-bond donors (Lipinski definition) is 2. The molecule has 6 nitrogen and oxygen atoms in total. The Morgan fingerprint density at radius 3 is 2.42 bits per heavy atom. The molecular formula is C17H23N3O3S. The third kappa shape index (κ3) is 2.99. The Morgan fingerprint density at radius 1 is 1.29 bits per heavy atom. The highest BCUT2D eigenvalue weighted by Gasteiger charge is 2.45. The van der Waals surface area contributed by atoms with Crippen LogP contribution in [0.2, 0.25) is 0 Å².